The van der Waals surface area contributed by atoms with Gasteiger partial charge in [0.15, 0.2) is 11.0 Å². The van der Waals surface area contributed by atoms with Gasteiger partial charge in [0, 0.05) is 16.5 Å². The molecule has 4 nitrogen and oxygen atoms in total. The highest BCUT2D eigenvalue weighted by molar-refractivity contribution is 6.34. The van der Waals surface area contributed by atoms with Crippen LogP contribution in [-0.4, -0.2) is 19.7 Å². The summed E-state index contributed by atoms with van der Waals surface area (Å²) in [6.45, 7) is 0. The predicted octanol–water partition coefficient (Wildman–Crippen LogP) is 3.35. The predicted molar refractivity (Wildman–Crippen MR) is 78.3 cm³/mol. The van der Waals surface area contributed by atoms with Gasteiger partial charge in [0.25, 0.3) is 0 Å². The molecule has 5 heteroatoms. The molecule has 3 aromatic rings. The van der Waals surface area contributed by atoms with Crippen LogP contribution in [0.25, 0.3) is 16.6 Å². The zero-order valence-electron chi connectivity index (χ0n) is 10.9. The number of hydrogen-bond donors (Lipinski definition) is 0. The van der Waals surface area contributed by atoms with Gasteiger partial charge in [-0.1, -0.05) is 35.9 Å². The second-order valence-electron chi connectivity index (χ2n) is 5.08. The summed E-state index contributed by atoms with van der Waals surface area (Å²) >= 11 is 6.14. The first kappa shape index (κ1) is 11.9. The van der Waals surface area contributed by atoms with Crippen LogP contribution < -0.4 is 0 Å². The minimum Gasteiger partial charge on any atom is -0.285 e. The van der Waals surface area contributed by atoms with E-state index >= 15 is 0 Å². The molecular weight excluding hydrogens is 272 g/mol. The Bertz CT molecular complexity index is 794. The molecule has 1 aliphatic carbocycles. The number of nitrogens with zero attached hydrogens (tertiary/aromatic N) is 4. The topological polar surface area (TPSA) is 43.6 Å². The summed E-state index contributed by atoms with van der Waals surface area (Å²) < 4.78 is 2.07. The fourth-order valence-corrected chi connectivity index (χ4v) is 3.09. The Morgan fingerprint density at radius 3 is 2.70 bits per heavy atom. The van der Waals surface area contributed by atoms with Crippen LogP contribution in [0.5, 0.6) is 0 Å². The third-order valence-electron chi connectivity index (χ3n) is 3.88. The Morgan fingerprint density at radius 1 is 1.00 bits per heavy atom. The third-order valence-corrected chi connectivity index (χ3v) is 4.16. The lowest BCUT2D eigenvalue weighted by molar-refractivity contribution is 0.653. The number of hydrogen-bond acceptors (Lipinski definition) is 3. The molecule has 2 heterocycles. The average molecular weight is 285 g/mol. The summed E-state index contributed by atoms with van der Waals surface area (Å²) in [7, 11) is 0. The number of aromatic nitrogens is 4. The highest BCUT2D eigenvalue weighted by Gasteiger charge is 2.18. The average Bonchev–Trinajstić information content (AvgIpc) is 2.92. The Morgan fingerprint density at radius 2 is 1.80 bits per heavy atom. The minimum atomic E-state index is 0.443. The zero-order valence-corrected chi connectivity index (χ0v) is 11.6. The summed E-state index contributed by atoms with van der Waals surface area (Å²) in [5.41, 5.74) is 2.45. The summed E-state index contributed by atoms with van der Waals surface area (Å²) in [4.78, 5) is 4.52. The number of fused-ring (bicyclic) bond motifs is 2. The highest BCUT2D eigenvalue weighted by atomic mass is 35.5. The van der Waals surface area contributed by atoms with Crippen molar-refractivity contribution < 1.29 is 0 Å². The van der Waals surface area contributed by atoms with Crippen LogP contribution in [0.4, 0.5) is 0 Å². The molecule has 0 unspecified atom stereocenters. The van der Waals surface area contributed by atoms with Crippen LogP contribution in [-0.2, 0) is 12.8 Å². The maximum atomic E-state index is 6.14. The normalized spacial score (nSPS) is 14.4. The lowest BCUT2D eigenvalue weighted by atomic mass is 10.0. The van der Waals surface area contributed by atoms with Gasteiger partial charge in [0.2, 0.25) is 0 Å². The highest BCUT2D eigenvalue weighted by Crippen LogP contribution is 2.28. The van der Waals surface area contributed by atoms with E-state index in [9.17, 15) is 0 Å². The van der Waals surface area contributed by atoms with E-state index in [4.69, 9.17) is 11.6 Å². The first-order valence-corrected chi connectivity index (χ1v) is 7.19. The fraction of sp³-hybridized carbons (Fsp3) is 0.267. The Balaban J connectivity index is 1.99. The van der Waals surface area contributed by atoms with Crippen molar-refractivity contribution in [1.29, 1.82) is 0 Å². The number of halogens is 1. The number of rotatable bonds is 1. The molecule has 1 aliphatic rings. The van der Waals surface area contributed by atoms with Gasteiger partial charge in [-0.25, -0.2) is 4.98 Å². The molecule has 0 atom stereocenters. The minimum absolute atomic E-state index is 0.443. The molecule has 0 saturated heterocycles. The van der Waals surface area contributed by atoms with E-state index in [-0.39, 0.29) is 0 Å². The van der Waals surface area contributed by atoms with Gasteiger partial charge in [0.1, 0.15) is 6.33 Å². The van der Waals surface area contributed by atoms with Gasteiger partial charge < -0.3 is 0 Å². The van der Waals surface area contributed by atoms with Crippen molar-refractivity contribution in [3.8, 4) is 5.82 Å². The van der Waals surface area contributed by atoms with Crippen LogP contribution in [0.15, 0.2) is 30.6 Å². The fourth-order valence-electron chi connectivity index (χ4n) is 2.89. The molecule has 0 amide bonds. The lowest BCUT2D eigenvalue weighted by Gasteiger charge is -2.14. The molecule has 0 radical (unpaired) electrons. The second-order valence-corrected chi connectivity index (χ2v) is 5.43. The summed E-state index contributed by atoms with van der Waals surface area (Å²) in [5, 5.41) is 10.8. The molecule has 0 N–H and O–H groups in total. The van der Waals surface area contributed by atoms with Gasteiger partial charge in [-0.2, -0.15) is 0 Å². The van der Waals surface area contributed by atoms with Crippen molar-refractivity contribution in [3.05, 3.63) is 47.1 Å². The number of benzene rings is 1. The van der Waals surface area contributed by atoms with Gasteiger partial charge in [-0.3, -0.25) is 4.57 Å². The van der Waals surface area contributed by atoms with E-state index < -0.39 is 0 Å². The maximum Gasteiger partial charge on any atom is 0.168 e. The van der Waals surface area contributed by atoms with Crippen molar-refractivity contribution in [2.45, 2.75) is 25.7 Å². The van der Waals surface area contributed by atoms with E-state index in [2.05, 4.69) is 19.7 Å². The Labute approximate surface area is 121 Å². The van der Waals surface area contributed by atoms with Crippen LogP contribution >= 0.6 is 11.6 Å². The molecule has 0 spiro atoms. The third kappa shape index (κ3) is 1.72. The molecule has 0 saturated carbocycles. The first-order valence-electron chi connectivity index (χ1n) is 6.81. The van der Waals surface area contributed by atoms with Gasteiger partial charge >= 0.3 is 0 Å². The zero-order chi connectivity index (χ0) is 13.5. The van der Waals surface area contributed by atoms with Crippen LogP contribution in [0.3, 0.4) is 0 Å². The van der Waals surface area contributed by atoms with E-state index in [1.165, 1.54) is 24.2 Å². The van der Waals surface area contributed by atoms with Gasteiger partial charge in [-0.05, 0) is 25.7 Å². The van der Waals surface area contributed by atoms with Crippen LogP contribution in [0, 0.1) is 0 Å². The maximum absolute atomic E-state index is 6.14. The lowest BCUT2D eigenvalue weighted by Crippen LogP contribution is -2.09. The molecule has 4 rings (SSSR count). The monoisotopic (exact) mass is 284 g/mol. The first-order chi connectivity index (χ1) is 9.84. The summed E-state index contributed by atoms with van der Waals surface area (Å²) in [6, 6.07) is 7.95. The standard InChI is InChI=1S/C15H13ClN4/c16-14-10-5-1-2-6-11(10)15(19-18-14)20-9-17-12-7-3-4-8-13(12)20/h1-2,5-6,9H,3-4,7-8H2. The van der Waals surface area contributed by atoms with E-state index in [1.54, 1.807) is 0 Å². The van der Waals surface area contributed by atoms with Crippen molar-refractivity contribution in [2.24, 2.45) is 0 Å². The van der Waals surface area contributed by atoms with E-state index in [1.807, 2.05) is 30.6 Å². The molecule has 1 aromatic carbocycles. The molecule has 100 valence electrons. The Hall–Kier alpha value is -1.94. The van der Waals surface area contributed by atoms with Gasteiger partial charge in [-0.15, -0.1) is 10.2 Å². The van der Waals surface area contributed by atoms with Crippen molar-refractivity contribution >= 4 is 22.4 Å². The van der Waals surface area contributed by atoms with Crippen molar-refractivity contribution in [2.75, 3.05) is 0 Å². The quantitative estimate of drug-likeness (QED) is 0.688. The van der Waals surface area contributed by atoms with Crippen LogP contribution in [0.1, 0.15) is 24.2 Å². The summed E-state index contributed by atoms with van der Waals surface area (Å²) in [6.07, 6.45) is 6.39. The molecule has 2 aromatic heterocycles. The molecule has 0 fully saturated rings. The molecular formula is C15H13ClN4. The van der Waals surface area contributed by atoms with Crippen molar-refractivity contribution in [1.82, 2.24) is 19.7 Å². The van der Waals surface area contributed by atoms with Crippen LogP contribution in [0.2, 0.25) is 5.15 Å². The van der Waals surface area contributed by atoms with Crippen molar-refractivity contribution in [3.63, 3.8) is 0 Å². The molecule has 20 heavy (non-hydrogen) atoms. The van der Waals surface area contributed by atoms with E-state index in [0.717, 1.165) is 29.4 Å². The van der Waals surface area contributed by atoms with E-state index in [0.29, 0.717) is 5.15 Å². The summed E-state index contributed by atoms with van der Waals surface area (Å²) in [5.74, 6) is 0.820. The number of imidazole rings is 1. The molecule has 0 aliphatic heterocycles. The second kappa shape index (κ2) is 4.56. The number of aryl methyl sites for hydroxylation is 1. The Kier molecular flexibility index (Phi) is 2.70. The smallest absolute Gasteiger partial charge is 0.168 e. The van der Waals surface area contributed by atoms with Gasteiger partial charge in [0.05, 0.1) is 5.69 Å². The SMILES string of the molecule is Clc1nnc(-n2cnc3c2CCCC3)c2ccccc12. The largest absolute Gasteiger partial charge is 0.285 e. The molecule has 0 bridgehead atoms.